The number of nitro benzene ring substituents is 1. The van der Waals surface area contributed by atoms with Gasteiger partial charge in [0, 0.05) is 29.3 Å². The normalized spacial score (nSPS) is 17.1. The molecule has 1 aliphatic rings. The summed E-state index contributed by atoms with van der Waals surface area (Å²) in [4.78, 5) is 17.7. The van der Waals surface area contributed by atoms with E-state index in [4.69, 9.17) is 17.0 Å². The van der Waals surface area contributed by atoms with Crippen LogP contribution in [0.1, 0.15) is 40.3 Å². The van der Waals surface area contributed by atoms with Gasteiger partial charge in [0.1, 0.15) is 5.75 Å². The van der Waals surface area contributed by atoms with Gasteiger partial charge in [-0.1, -0.05) is 23.8 Å². The number of nitrogens with one attached hydrogen (secondary N) is 1. The molecule has 1 fully saturated rings. The van der Waals surface area contributed by atoms with Crippen molar-refractivity contribution in [1.29, 1.82) is 0 Å². The molecule has 0 radical (unpaired) electrons. The lowest BCUT2D eigenvalue weighted by Gasteiger charge is -2.28. The van der Waals surface area contributed by atoms with Crippen molar-refractivity contribution in [3.8, 4) is 11.4 Å². The minimum atomic E-state index is -0.421. The first kappa shape index (κ1) is 24.5. The van der Waals surface area contributed by atoms with Gasteiger partial charge in [-0.05, 0) is 75.0 Å². The maximum Gasteiger partial charge on any atom is 0.273 e. The van der Waals surface area contributed by atoms with Crippen molar-refractivity contribution < 1.29 is 9.66 Å². The number of nitrogens with zero attached hydrogens (tertiary/aromatic N) is 4. The molecule has 0 unspecified atom stereocenters. The summed E-state index contributed by atoms with van der Waals surface area (Å²) in [7, 11) is 1.52. The van der Waals surface area contributed by atoms with Crippen LogP contribution in [0.15, 0.2) is 72.9 Å². The molecule has 0 amide bonds. The monoisotopic (exact) mass is 513 g/mol. The van der Waals surface area contributed by atoms with Gasteiger partial charge in [0.05, 0.1) is 41.6 Å². The summed E-state index contributed by atoms with van der Waals surface area (Å²) < 4.78 is 7.64. The number of aryl methyl sites for hydroxylation is 2. The van der Waals surface area contributed by atoms with Gasteiger partial charge in [-0.15, -0.1) is 0 Å². The fraction of sp³-hybridized carbons (Fsp3) is 0.214. The zero-order valence-corrected chi connectivity index (χ0v) is 21.8. The van der Waals surface area contributed by atoms with E-state index in [-0.39, 0.29) is 17.8 Å². The van der Waals surface area contributed by atoms with E-state index in [0.29, 0.717) is 10.9 Å². The van der Waals surface area contributed by atoms with Crippen molar-refractivity contribution in [2.75, 3.05) is 12.0 Å². The van der Waals surface area contributed by atoms with E-state index < -0.39 is 4.92 Å². The van der Waals surface area contributed by atoms with E-state index in [1.54, 1.807) is 12.3 Å². The van der Waals surface area contributed by atoms with Gasteiger partial charge < -0.3 is 19.5 Å². The molecule has 1 saturated heterocycles. The molecular weight excluding hydrogens is 486 g/mol. The molecule has 0 bridgehead atoms. The van der Waals surface area contributed by atoms with Crippen molar-refractivity contribution in [3.05, 3.63) is 111 Å². The van der Waals surface area contributed by atoms with Gasteiger partial charge in [0.2, 0.25) is 0 Å². The number of nitro groups is 1. The first-order chi connectivity index (χ1) is 17.8. The number of rotatable bonds is 6. The smallest absolute Gasteiger partial charge is 0.273 e. The predicted molar refractivity (Wildman–Crippen MR) is 148 cm³/mol. The topological polar surface area (TPSA) is 85.5 Å². The van der Waals surface area contributed by atoms with Gasteiger partial charge in [-0.3, -0.25) is 15.1 Å². The average molecular weight is 514 g/mol. The second-order valence-electron chi connectivity index (χ2n) is 9.11. The number of benzene rings is 2. The average Bonchev–Trinajstić information content (AvgIpc) is 3.39. The Labute approximate surface area is 220 Å². The summed E-state index contributed by atoms with van der Waals surface area (Å²) in [6.07, 6.45) is 1.79. The number of pyridine rings is 1. The molecule has 3 heterocycles. The number of thiocarbonyl (C=S) groups is 1. The highest BCUT2D eigenvalue weighted by Crippen LogP contribution is 2.44. The molecule has 5 rings (SSSR count). The van der Waals surface area contributed by atoms with Crippen LogP contribution in [0.5, 0.6) is 5.75 Å². The van der Waals surface area contributed by atoms with E-state index in [9.17, 15) is 10.1 Å². The molecule has 8 nitrogen and oxygen atoms in total. The molecule has 0 saturated carbocycles. The summed E-state index contributed by atoms with van der Waals surface area (Å²) in [6, 6.07) is 20.7. The number of ether oxygens (including phenoxy) is 1. The minimum Gasteiger partial charge on any atom is -0.494 e. The highest BCUT2D eigenvalue weighted by Gasteiger charge is 2.42. The second-order valence-corrected chi connectivity index (χ2v) is 9.49. The highest BCUT2D eigenvalue weighted by atomic mass is 32.1. The van der Waals surface area contributed by atoms with Crippen LogP contribution in [0.3, 0.4) is 0 Å². The lowest BCUT2D eigenvalue weighted by Crippen LogP contribution is -2.29. The van der Waals surface area contributed by atoms with Crippen LogP contribution in [0.25, 0.3) is 5.69 Å². The molecule has 0 spiro atoms. The van der Waals surface area contributed by atoms with Crippen molar-refractivity contribution in [3.63, 3.8) is 0 Å². The first-order valence-corrected chi connectivity index (χ1v) is 12.3. The highest BCUT2D eigenvalue weighted by molar-refractivity contribution is 7.80. The van der Waals surface area contributed by atoms with Gasteiger partial charge in [0.25, 0.3) is 5.69 Å². The molecule has 1 aliphatic heterocycles. The van der Waals surface area contributed by atoms with Crippen molar-refractivity contribution in [1.82, 2.24) is 14.9 Å². The largest absolute Gasteiger partial charge is 0.494 e. The molecule has 1 N–H and O–H groups in total. The molecule has 2 aromatic heterocycles. The van der Waals surface area contributed by atoms with Crippen LogP contribution in [0.2, 0.25) is 0 Å². The fourth-order valence-electron chi connectivity index (χ4n) is 5.08. The molecule has 0 aliphatic carbocycles. The number of hydrogen-bond donors (Lipinski definition) is 1. The van der Waals surface area contributed by atoms with Gasteiger partial charge in [0.15, 0.2) is 5.11 Å². The zero-order chi connectivity index (χ0) is 26.3. The predicted octanol–water partition coefficient (Wildman–Crippen LogP) is 5.89. The molecule has 37 heavy (non-hydrogen) atoms. The summed E-state index contributed by atoms with van der Waals surface area (Å²) in [5.74, 6) is 0.430. The second kappa shape index (κ2) is 9.67. The SMILES string of the molecule is COc1cc([N+](=O)[O-])ccc1-n1c(C)cc([C@H]2[C@@H](c3ccccn3)NC(=S)N2c2ccc(C)cc2)c1C. The number of methoxy groups -OCH3 is 1. The van der Waals surface area contributed by atoms with Crippen molar-refractivity contribution in [2.24, 2.45) is 0 Å². The Morgan fingerprint density at radius 2 is 1.81 bits per heavy atom. The van der Waals surface area contributed by atoms with Crippen LogP contribution in [0.4, 0.5) is 11.4 Å². The number of aromatic nitrogens is 2. The van der Waals surface area contributed by atoms with Gasteiger partial charge in [-0.2, -0.15) is 0 Å². The number of non-ortho nitro benzene ring substituents is 1. The molecule has 9 heteroatoms. The fourth-order valence-corrected chi connectivity index (χ4v) is 5.42. The Kier molecular flexibility index (Phi) is 6.39. The third-order valence-electron chi connectivity index (χ3n) is 6.81. The lowest BCUT2D eigenvalue weighted by atomic mass is 9.96. The summed E-state index contributed by atoms with van der Waals surface area (Å²) in [5, 5.41) is 15.5. The van der Waals surface area contributed by atoms with Crippen LogP contribution < -0.4 is 15.0 Å². The standard InChI is InChI=1S/C28H27N5O3S/c1-17-8-10-20(11-9-17)32-27(26(30-28(32)37)23-7-5-6-14-29-23)22-15-18(2)31(19(22)3)24-13-12-21(33(34)35)16-25(24)36-4/h5-16,26-27H,1-4H3,(H,30,37)/t26-,27+/m1/s1. The van der Waals surface area contributed by atoms with Crippen LogP contribution in [-0.2, 0) is 0 Å². The molecule has 2 aromatic carbocycles. The molecular formula is C28H27N5O3S. The Hall–Kier alpha value is -4.24. The molecule has 188 valence electrons. The van der Waals surface area contributed by atoms with Crippen molar-refractivity contribution >= 4 is 28.7 Å². The van der Waals surface area contributed by atoms with Crippen LogP contribution in [-0.4, -0.2) is 26.7 Å². The Morgan fingerprint density at radius 3 is 2.46 bits per heavy atom. The van der Waals surface area contributed by atoms with Crippen molar-refractivity contribution in [2.45, 2.75) is 32.9 Å². The summed E-state index contributed by atoms with van der Waals surface area (Å²) in [6.45, 7) is 6.13. The molecule has 4 aromatic rings. The Bertz CT molecular complexity index is 1480. The third kappa shape index (κ3) is 4.31. The van der Waals surface area contributed by atoms with E-state index in [1.807, 2.05) is 32.0 Å². The van der Waals surface area contributed by atoms with E-state index >= 15 is 0 Å². The van der Waals surface area contributed by atoms with E-state index in [0.717, 1.165) is 34.0 Å². The lowest BCUT2D eigenvalue weighted by molar-refractivity contribution is -0.384. The zero-order valence-electron chi connectivity index (χ0n) is 21.0. The summed E-state index contributed by atoms with van der Waals surface area (Å²) >= 11 is 5.86. The maximum absolute atomic E-state index is 11.3. The summed E-state index contributed by atoms with van der Waals surface area (Å²) in [5.41, 5.74) is 6.80. The maximum atomic E-state index is 11.3. The number of anilines is 1. The van der Waals surface area contributed by atoms with Gasteiger partial charge in [-0.25, -0.2) is 0 Å². The van der Waals surface area contributed by atoms with Crippen LogP contribution in [0, 0.1) is 30.9 Å². The minimum absolute atomic E-state index is 0.0191. The Balaban J connectivity index is 1.68. The Morgan fingerprint density at radius 1 is 1.05 bits per heavy atom. The van der Waals surface area contributed by atoms with E-state index in [2.05, 4.69) is 57.0 Å². The molecule has 2 atom stereocenters. The quantitative estimate of drug-likeness (QED) is 0.195. The van der Waals surface area contributed by atoms with Crippen LogP contribution >= 0.6 is 12.2 Å². The third-order valence-corrected chi connectivity index (χ3v) is 7.13. The first-order valence-electron chi connectivity index (χ1n) is 11.9. The van der Waals surface area contributed by atoms with E-state index in [1.165, 1.54) is 24.8 Å². The number of hydrogen-bond acceptors (Lipinski definition) is 5. The van der Waals surface area contributed by atoms with Gasteiger partial charge >= 0.3 is 0 Å².